The Labute approximate surface area is 116 Å². The molecule has 2 heterocycles. The minimum atomic E-state index is -0.0635. The monoisotopic (exact) mass is 262 g/mol. The van der Waals surface area contributed by atoms with Crippen LogP contribution in [0.3, 0.4) is 0 Å². The van der Waals surface area contributed by atoms with Crippen LogP contribution in [-0.2, 0) is 0 Å². The smallest absolute Gasteiger partial charge is 0.258 e. The van der Waals surface area contributed by atoms with Gasteiger partial charge >= 0.3 is 0 Å². The summed E-state index contributed by atoms with van der Waals surface area (Å²) in [4.78, 5) is 16.6. The quantitative estimate of drug-likeness (QED) is 0.711. The summed E-state index contributed by atoms with van der Waals surface area (Å²) in [7, 11) is 0. The summed E-state index contributed by atoms with van der Waals surface area (Å²) >= 11 is 0. The topological polar surface area (TPSA) is 34.4 Å². The van der Waals surface area contributed by atoms with Gasteiger partial charge in [0.25, 0.3) is 5.56 Å². The van der Waals surface area contributed by atoms with E-state index in [0.29, 0.717) is 11.3 Å². The number of aromatic nitrogens is 2. The number of hydrogen-bond acceptors (Lipinski definition) is 2. The highest BCUT2D eigenvalue weighted by molar-refractivity contribution is 5.68. The lowest BCUT2D eigenvalue weighted by Crippen LogP contribution is -2.14. The molecule has 0 amide bonds. The lowest BCUT2D eigenvalue weighted by molar-refractivity contribution is 1.03. The summed E-state index contributed by atoms with van der Waals surface area (Å²) in [6, 6.07) is 15.3. The first-order valence-electron chi connectivity index (χ1n) is 6.46. The largest absolute Gasteiger partial charge is 0.269 e. The molecular weight excluding hydrogens is 248 g/mol. The van der Waals surface area contributed by atoms with Gasteiger partial charge in [-0.25, -0.2) is 4.98 Å². The van der Waals surface area contributed by atoms with E-state index in [0.717, 1.165) is 11.1 Å². The Morgan fingerprint density at radius 2 is 1.85 bits per heavy atom. The molecule has 0 bridgehead atoms. The van der Waals surface area contributed by atoms with Crippen LogP contribution in [0, 0.1) is 6.92 Å². The van der Waals surface area contributed by atoms with Crippen molar-refractivity contribution in [2.24, 2.45) is 0 Å². The normalized spacial score (nSPS) is 11.2. The molecule has 0 radical (unpaired) electrons. The van der Waals surface area contributed by atoms with E-state index in [-0.39, 0.29) is 5.56 Å². The fourth-order valence-electron chi connectivity index (χ4n) is 2.11. The van der Waals surface area contributed by atoms with Gasteiger partial charge in [-0.3, -0.25) is 9.20 Å². The van der Waals surface area contributed by atoms with Gasteiger partial charge in [0.15, 0.2) is 0 Å². The summed E-state index contributed by atoms with van der Waals surface area (Å²) < 4.78 is 1.56. The molecule has 1 aromatic carbocycles. The summed E-state index contributed by atoms with van der Waals surface area (Å²) in [5.41, 5.74) is 3.38. The Morgan fingerprint density at radius 3 is 2.65 bits per heavy atom. The molecule has 0 saturated heterocycles. The molecule has 0 aliphatic heterocycles. The van der Waals surface area contributed by atoms with Crippen molar-refractivity contribution in [3.8, 4) is 0 Å². The van der Waals surface area contributed by atoms with E-state index >= 15 is 0 Å². The standard InChI is InChI=1S/C17H14N2O/c1-13-6-5-11-19-16(20)12-15(18-17(13)19)10-9-14-7-3-2-4-8-14/h2-12H,1H3. The Kier molecular flexibility index (Phi) is 3.17. The molecule has 0 fully saturated rings. The maximum absolute atomic E-state index is 12.1. The summed E-state index contributed by atoms with van der Waals surface area (Å²) in [5.74, 6) is 0. The Bertz CT molecular complexity index is 832. The van der Waals surface area contributed by atoms with Gasteiger partial charge in [0, 0.05) is 12.3 Å². The minimum Gasteiger partial charge on any atom is -0.269 e. The van der Waals surface area contributed by atoms with Gasteiger partial charge in [0.05, 0.1) is 5.69 Å². The van der Waals surface area contributed by atoms with Crippen molar-refractivity contribution in [1.82, 2.24) is 9.38 Å². The molecule has 3 aromatic rings. The zero-order valence-electron chi connectivity index (χ0n) is 11.2. The Balaban J connectivity index is 2.07. The maximum Gasteiger partial charge on any atom is 0.258 e. The van der Waals surface area contributed by atoms with E-state index in [1.54, 1.807) is 16.7 Å². The van der Waals surface area contributed by atoms with Crippen LogP contribution in [0.5, 0.6) is 0 Å². The minimum absolute atomic E-state index is 0.0635. The number of hydrogen-bond donors (Lipinski definition) is 0. The first-order valence-corrected chi connectivity index (χ1v) is 6.46. The van der Waals surface area contributed by atoms with Crippen molar-refractivity contribution < 1.29 is 0 Å². The molecule has 0 N–H and O–H groups in total. The van der Waals surface area contributed by atoms with Crippen LogP contribution in [0.4, 0.5) is 0 Å². The van der Waals surface area contributed by atoms with E-state index in [2.05, 4.69) is 4.98 Å². The molecular formula is C17H14N2O. The molecule has 2 aromatic heterocycles. The second-order valence-corrected chi connectivity index (χ2v) is 4.65. The van der Waals surface area contributed by atoms with Gasteiger partial charge in [0.2, 0.25) is 0 Å². The Hall–Kier alpha value is -2.68. The molecule has 0 unspecified atom stereocenters. The van der Waals surface area contributed by atoms with Gasteiger partial charge in [-0.1, -0.05) is 42.5 Å². The van der Waals surface area contributed by atoms with Gasteiger partial charge in [0.1, 0.15) is 5.65 Å². The fourth-order valence-corrected chi connectivity index (χ4v) is 2.11. The number of rotatable bonds is 2. The first kappa shape index (κ1) is 12.4. The lowest BCUT2D eigenvalue weighted by atomic mass is 10.2. The van der Waals surface area contributed by atoms with Gasteiger partial charge in [-0.05, 0) is 30.2 Å². The number of benzene rings is 1. The van der Waals surface area contributed by atoms with Crippen LogP contribution >= 0.6 is 0 Å². The SMILES string of the molecule is Cc1cccn2c(=O)cc(C=Cc3ccccc3)nc12. The number of fused-ring (bicyclic) bond motifs is 1. The molecule has 0 saturated carbocycles. The summed E-state index contributed by atoms with van der Waals surface area (Å²) in [6.45, 7) is 1.95. The van der Waals surface area contributed by atoms with Crippen LogP contribution in [0.25, 0.3) is 17.8 Å². The van der Waals surface area contributed by atoms with E-state index in [4.69, 9.17) is 0 Å². The van der Waals surface area contributed by atoms with Crippen LogP contribution < -0.4 is 5.56 Å². The average molecular weight is 262 g/mol. The van der Waals surface area contributed by atoms with E-state index in [9.17, 15) is 4.79 Å². The molecule has 0 aliphatic rings. The third kappa shape index (κ3) is 2.38. The van der Waals surface area contributed by atoms with Crippen molar-refractivity contribution in [2.75, 3.05) is 0 Å². The van der Waals surface area contributed by atoms with Crippen molar-refractivity contribution in [3.05, 3.63) is 81.9 Å². The van der Waals surface area contributed by atoms with Gasteiger partial charge < -0.3 is 0 Å². The lowest BCUT2D eigenvalue weighted by Gasteiger charge is -2.03. The van der Waals surface area contributed by atoms with Gasteiger partial charge in [-0.2, -0.15) is 0 Å². The third-order valence-corrected chi connectivity index (χ3v) is 3.15. The second-order valence-electron chi connectivity index (χ2n) is 4.65. The molecule has 20 heavy (non-hydrogen) atoms. The summed E-state index contributed by atoms with van der Waals surface area (Å²) in [5, 5.41) is 0. The molecule has 0 atom stereocenters. The summed E-state index contributed by atoms with van der Waals surface area (Å²) in [6.07, 6.45) is 5.56. The second kappa shape index (κ2) is 5.13. The predicted octanol–water partition coefficient (Wildman–Crippen LogP) is 3.17. The zero-order valence-corrected chi connectivity index (χ0v) is 11.2. The highest BCUT2D eigenvalue weighted by Crippen LogP contribution is 2.08. The van der Waals surface area contributed by atoms with Crippen molar-refractivity contribution >= 4 is 17.8 Å². The van der Waals surface area contributed by atoms with Crippen LogP contribution in [0.1, 0.15) is 16.8 Å². The number of pyridine rings is 1. The van der Waals surface area contributed by atoms with Crippen molar-refractivity contribution in [3.63, 3.8) is 0 Å². The third-order valence-electron chi connectivity index (χ3n) is 3.15. The molecule has 0 spiro atoms. The fraction of sp³-hybridized carbons (Fsp3) is 0.0588. The zero-order chi connectivity index (χ0) is 13.9. The molecule has 98 valence electrons. The van der Waals surface area contributed by atoms with E-state index in [1.165, 1.54) is 0 Å². The van der Waals surface area contributed by atoms with Crippen molar-refractivity contribution in [2.45, 2.75) is 6.92 Å². The van der Waals surface area contributed by atoms with E-state index in [1.807, 2.05) is 61.5 Å². The number of aryl methyl sites for hydroxylation is 1. The molecule has 3 heteroatoms. The first-order chi connectivity index (χ1) is 9.74. The highest BCUT2D eigenvalue weighted by atomic mass is 16.1. The predicted molar refractivity (Wildman–Crippen MR) is 81.6 cm³/mol. The van der Waals surface area contributed by atoms with Gasteiger partial charge in [-0.15, -0.1) is 0 Å². The maximum atomic E-state index is 12.1. The van der Waals surface area contributed by atoms with Crippen LogP contribution in [-0.4, -0.2) is 9.38 Å². The average Bonchev–Trinajstić information content (AvgIpc) is 2.47. The molecule has 0 aliphatic carbocycles. The van der Waals surface area contributed by atoms with E-state index < -0.39 is 0 Å². The molecule has 3 nitrogen and oxygen atoms in total. The highest BCUT2D eigenvalue weighted by Gasteiger charge is 2.02. The van der Waals surface area contributed by atoms with Crippen LogP contribution in [0.15, 0.2) is 59.5 Å². The van der Waals surface area contributed by atoms with Crippen molar-refractivity contribution in [1.29, 1.82) is 0 Å². The molecule has 3 rings (SSSR count). The van der Waals surface area contributed by atoms with Crippen LogP contribution in [0.2, 0.25) is 0 Å². The number of nitrogens with zero attached hydrogens (tertiary/aromatic N) is 2. The Morgan fingerprint density at radius 1 is 1.05 bits per heavy atom.